The van der Waals surface area contributed by atoms with Crippen molar-refractivity contribution in [2.45, 2.75) is 6.54 Å². The summed E-state index contributed by atoms with van der Waals surface area (Å²) in [6, 6.07) is 14.7. The van der Waals surface area contributed by atoms with Gasteiger partial charge in [-0.2, -0.15) is 4.98 Å². The summed E-state index contributed by atoms with van der Waals surface area (Å²) in [6.45, 7) is 0.148. The van der Waals surface area contributed by atoms with Gasteiger partial charge >= 0.3 is 0 Å². The molecular weight excluding hydrogens is 346 g/mol. The quantitative estimate of drug-likeness (QED) is 0.648. The van der Waals surface area contributed by atoms with Gasteiger partial charge in [0.15, 0.2) is 0 Å². The van der Waals surface area contributed by atoms with E-state index in [-0.39, 0.29) is 12.5 Å². The van der Waals surface area contributed by atoms with Gasteiger partial charge in [-0.3, -0.25) is 4.79 Å². The van der Waals surface area contributed by atoms with Crippen LogP contribution in [0.3, 0.4) is 0 Å². The highest BCUT2D eigenvalue weighted by atomic mass is 16.5. The lowest BCUT2D eigenvalue weighted by Gasteiger charge is -2.00. The molecule has 3 rings (SSSR count). The third-order valence-corrected chi connectivity index (χ3v) is 3.77. The van der Waals surface area contributed by atoms with Gasteiger partial charge in [0, 0.05) is 11.6 Å². The maximum Gasteiger partial charge on any atom is 0.246 e. The van der Waals surface area contributed by atoms with Crippen LogP contribution in [0, 0.1) is 0 Å². The van der Waals surface area contributed by atoms with Crippen LogP contribution in [-0.2, 0) is 11.3 Å². The van der Waals surface area contributed by atoms with Crippen LogP contribution in [-0.4, -0.2) is 30.3 Å². The van der Waals surface area contributed by atoms with Crippen LogP contribution in [0.25, 0.3) is 17.5 Å². The maximum absolute atomic E-state index is 11.9. The van der Waals surface area contributed by atoms with Crippen molar-refractivity contribution in [1.29, 1.82) is 0 Å². The van der Waals surface area contributed by atoms with Gasteiger partial charge in [0.1, 0.15) is 11.5 Å². The number of carbonyl (C=O) groups excluding carboxylic acids is 1. The summed E-state index contributed by atoms with van der Waals surface area (Å²) in [5, 5.41) is 6.63. The minimum atomic E-state index is -0.255. The molecule has 0 saturated heterocycles. The Balaban J connectivity index is 1.54. The zero-order valence-electron chi connectivity index (χ0n) is 15.0. The molecule has 2 aromatic carbocycles. The number of methoxy groups -OCH3 is 2. The normalized spacial score (nSPS) is 10.7. The minimum Gasteiger partial charge on any atom is -0.497 e. The molecule has 0 atom stereocenters. The fourth-order valence-electron chi connectivity index (χ4n) is 2.29. The second-order valence-electron chi connectivity index (χ2n) is 5.56. The van der Waals surface area contributed by atoms with Crippen LogP contribution in [0.2, 0.25) is 0 Å². The van der Waals surface area contributed by atoms with Crippen molar-refractivity contribution in [2.75, 3.05) is 14.2 Å². The van der Waals surface area contributed by atoms with E-state index in [1.54, 1.807) is 20.3 Å². The van der Waals surface area contributed by atoms with Gasteiger partial charge < -0.3 is 19.3 Å². The molecule has 27 heavy (non-hydrogen) atoms. The molecule has 0 bridgehead atoms. The number of benzene rings is 2. The Morgan fingerprint density at radius 1 is 1.04 bits per heavy atom. The fraction of sp³-hybridized carbons (Fsp3) is 0.150. The van der Waals surface area contributed by atoms with Crippen LogP contribution in [0.5, 0.6) is 11.5 Å². The third kappa shape index (κ3) is 4.94. The highest BCUT2D eigenvalue weighted by Crippen LogP contribution is 2.19. The Labute approximate surface area is 156 Å². The molecule has 1 heterocycles. The number of nitrogens with zero attached hydrogens (tertiary/aromatic N) is 2. The second kappa shape index (κ2) is 8.66. The maximum atomic E-state index is 11.9. The van der Waals surface area contributed by atoms with E-state index in [0.29, 0.717) is 11.7 Å². The van der Waals surface area contributed by atoms with Gasteiger partial charge in [0.05, 0.1) is 20.8 Å². The lowest BCUT2D eigenvalue weighted by molar-refractivity contribution is -0.116. The average molecular weight is 365 g/mol. The lowest BCUT2D eigenvalue weighted by atomic mass is 10.2. The summed E-state index contributed by atoms with van der Waals surface area (Å²) in [5.74, 6) is 2.04. The minimum absolute atomic E-state index is 0.148. The predicted molar refractivity (Wildman–Crippen MR) is 100 cm³/mol. The summed E-state index contributed by atoms with van der Waals surface area (Å²) >= 11 is 0. The first kappa shape index (κ1) is 18.2. The van der Waals surface area contributed by atoms with Crippen LogP contribution in [0.4, 0.5) is 0 Å². The molecule has 1 amide bonds. The van der Waals surface area contributed by atoms with Crippen molar-refractivity contribution in [3.8, 4) is 22.9 Å². The Morgan fingerprint density at radius 3 is 2.30 bits per heavy atom. The lowest BCUT2D eigenvalue weighted by Crippen LogP contribution is -2.20. The van der Waals surface area contributed by atoms with Gasteiger partial charge in [-0.15, -0.1) is 0 Å². The fourth-order valence-corrected chi connectivity index (χ4v) is 2.29. The molecule has 0 saturated carbocycles. The summed E-state index contributed by atoms with van der Waals surface area (Å²) in [6.07, 6.45) is 3.16. The molecule has 3 aromatic rings. The number of rotatable bonds is 7. The van der Waals surface area contributed by atoms with Crippen LogP contribution < -0.4 is 14.8 Å². The van der Waals surface area contributed by atoms with Crippen molar-refractivity contribution in [1.82, 2.24) is 15.5 Å². The molecule has 7 heteroatoms. The van der Waals surface area contributed by atoms with Crippen molar-refractivity contribution in [2.24, 2.45) is 0 Å². The van der Waals surface area contributed by atoms with Gasteiger partial charge in [-0.1, -0.05) is 17.3 Å². The third-order valence-electron chi connectivity index (χ3n) is 3.77. The van der Waals surface area contributed by atoms with E-state index < -0.39 is 0 Å². The number of carbonyl (C=O) groups is 1. The standard InChI is InChI=1S/C20H19N3O4/c1-25-16-8-3-14(4-9-16)5-12-18(24)21-13-19-22-20(23-27-19)15-6-10-17(26-2)11-7-15/h3-12H,13H2,1-2H3,(H,21,24)/b12-5+. The Hall–Kier alpha value is -3.61. The molecule has 0 aliphatic rings. The van der Waals surface area contributed by atoms with Gasteiger partial charge in [0.2, 0.25) is 17.6 Å². The molecule has 0 aliphatic heterocycles. The molecular formula is C20H19N3O4. The molecule has 0 fully saturated rings. The average Bonchev–Trinajstić information content (AvgIpc) is 3.20. The largest absolute Gasteiger partial charge is 0.497 e. The van der Waals surface area contributed by atoms with Crippen LogP contribution >= 0.6 is 0 Å². The molecule has 0 unspecified atom stereocenters. The van der Waals surface area contributed by atoms with Crippen molar-refractivity contribution < 1.29 is 18.8 Å². The summed E-state index contributed by atoms with van der Waals surface area (Å²) in [5.41, 5.74) is 1.70. The molecule has 0 radical (unpaired) electrons. The number of nitrogens with one attached hydrogen (secondary N) is 1. The van der Waals surface area contributed by atoms with Crippen molar-refractivity contribution in [3.63, 3.8) is 0 Å². The van der Waals surface area contributed by atoms with Crippen LogP contribution in [0.15, 0.2) is 59.1 Å². The summed E-state index contributed by atoms with van der Waals surface area (Å²) in [4.78, 5) is 16.2. The first-order valence-corrected chi connectivity index (χ1v) is 8.25. The number of aromatic nitrogens is 2. The molecule has 138 valence electrons. The van der Waals surface area contributed by atoms with E-state index >= 15 is 0 Å². The number of amides is 1. The Kier molecular flexibility index (Phi) is 5.84. The monoisotopic (exact) mass is 365 g/mol. The zero-order valence-corrected chi connectivity index (χ0v) is 15.0. The predicted octanol–water partition coefficient (Wildman–Crippen LogP) is 3.08. The highest BCUT2D eigenvalue weighted by Gasteiger charge is 2.09. The van der Waals surface area contributed by atoms with E-state index in [1.807, 2.05) is 48.5 Å². The van der Waals surface area contributed by atoms with Gasteiger partial charge in [-0.25, -0.2) is 0 Å². The SMILES string of the molecule is COc1ccc(/C=C/C(=O)NCc2nc(-c3ccc(OC)cc3)no2)cc1. The topological polar surface area (TPSA) is 86.5 Å². The summed E-state index contributed by atoms with van der Waals surface area (Å²) in [7, 11) is 3.21. The number of hydrogen-bond acceptors (Lipinski definition) is 6. The second-order valence-corrected chi connectivity index (χ2v) is 5.56. The molecule has 0 spiro atoms. The first-order chi connectivity index (χ1) is 13.2. The highest BCUT2D eigenvalue weighted by molar-refractivity contribution is 5.91. The molecule has 1 N–H and O–H groups in total. The van der Waals surface area contributed by atoms with E-state index in [2.05, 4.69) is 15.5 Å². The van der Waals surface area contributed by atoms with E-state index in [0.717, 1.165) is 22.6 Å². The Morgan fingerprint density at radius 2 is 1.67 bits per heavy atom. The molecule has 7 nitrogen and oxygen atoms in total. The van der Waals surface area contributed by atoms with Gasteiger partial charge in [-0.05, 0) is 48.0 Å². The zero-order chi connectivity index (χ0) is 19.1. The van der Waals surface area contributed by atoms with E-state index in [9.17, 15) is 4.79 Å². The molecule has 0 aliphatic carbocycles. The number of hydrogen-bond donors (Lipinski definition) is 1. The smallest absolute Gasteiger partial charge is 0.246 e. The van der Waals surface area contributed by atoms with Crippen LogP contribution in [0.1, 0.15) is 11.5 Å². The van der Waals surface area contributed by atoms with Crippen molar-refractivity contribution in [3.05, 3.63) is 66.1 Å². The number of ether oxygens (including phenoxy) is 2. The Bertz CT molecular complexity index is 915. The summed E-state index contributed by atoms with van der Waals surface area (Å²) < 4.78 is 15.4. The van der Waals surface area contributed by atoms with E-state index in [4.69, 9.17) is 14.0 Å². The van der Waals surface area contributed by atoms with Gasteiger partial charge in [0.25, 0.3) is 0 Å². The van der Waals surface area contributed by atoms with E-state index in [1.165, 1.54) is 6.08 Å². The molecule has 1 aromatic heterocycles. The van der Waals surface area contributed by atoms with Crippen molar-refractivity contribution >= 4 is 12.0 Å². The first-order valence-electron chi connectivity index (χ1n) is 8.25.